The van der Waals surface area contributed by atoms with Crippen LogP contribution in [0, 0.1) is 5.92 Å². The maximum absolute atomic E-state index is 4.33. The second kappa shape index (κ2) is 8.89. The van der Waals surface area contributed by atoms with Gasteiger partial charge in [-0.25, -0.2) is 0 Å². The fourth-order valence-electron chi connectivity index (χ4n) is 4.41. The molecule has 3 aromatic rings. The summed E-state index contributed by atoms with van der Waals surface area (Å²) < 4.78 is 1.65. The molecule has 3 aromatic carbocycles. The van der Waals surface area contributed by atoms with Crippen LogP contribution in [0.5, 0.6) is 0 Å². The fraction of sp³-hybridized carbons (Fsp3) is 0.259. The van der Waals surface area contributed by atoms with Gasteiger partial charge in [-0.05, 0) is 0 Å². The van der Waals surface area contributed by atoms with E-state index < -0.39 is 21.3 Å². The number of hydrogen-bond acceptors (Lipinski definition) is 0. The molecule has 29 heavy (non-hydrogen) atoms. The molecule has 0 saturated carbocycles. The van der Waals surface area contributed by atoms with Gasteiger partial charge in [-0.2, -0.15) is 0 Å². The third-order valence-corrected chi connectivity index (χ3v) is 16.2. The molecular weight excluding hydrogens is 425 g/mol. The zero-order valence-corrected chi connectivity index (χ0v) is 21.7. The van der Waals surface area contributed by atoms with Crippen molar-refractivity contribution in [1.82, 2.24) is 0 Å². The Morgan fingerprint density at radius 1 is 0.793 bits per heavy atom. The molecule has 1 unspecified atom stereocenters. The van der Waals surface area contributed by atoms with Crippen LogP contribution in [0.15, 0.2) is 97.1 Å². The van der Waals surface area contributed by atoms with Crippen molar-refractivity contribution in [3.05, 3.63) is 97.1 Å². The minimum absolute atomic E-state index is 0.475. The van der Waals surface area contributed by atoms with Gasteiger partial charge in [-0.3, -0.25) is 0 Å². The van der Waals surface area contributed by atoms with Gasteiger partial charge in [0, 0.05) is 0 Å². The Hall–Kier alpha value is -1.84. The Balaban J connectivity index is 2.42. The average Bonchev–Trinajstić information content (AvgIpc) is 2.72. The van der Waals surface area contributed by atoms with E-state index in [1.807, 2.05) is 0 Å². The van der Waals surface area contributed by atoms with Crippen molar-refractivity contribution in [1.29, 1.82) is 0 Å². The second-order valence-corrected chi connectivity index (χ2v) is 23.9. The van der Waals surface area contributed by atoms with Gasteiger partial charge in [0.1, 0.15) is 0 Å². The Morgan fingerprint density at radius 3 is 1.69 bits per heavy atom. The Labute approximate surface area is 181 Å². The Kier molecular flexibility index (Phi) is 6.70. The molecule has 0 aliphatic carbocycles. The molecule has 2 heteroatoms. The van der Waals surface area contributed by atoms with Crippen molar-refractivity contribution in [2.45, 2.75) is 37.2 Å². The van der Waals surface area contributed by atoms with E-state index >= 15 is 0 Å². The summed E-state index contributed by atoms with van der Waals surface area (Å²) in [7, 11) is -2.22. The normalized spacial score (nSPS) is 13.1. The molecule has 3 rings (SSSR count). The van der Waals surface area contributed by atoms with Crippen molar-refractivity contribution < 1.29 is 0 Å². The van der Waals surface area contributed by atoms with Gasteiger partial charge in [0.2, 0.25) is 0 Å². The van der Waals surface area contributed by atoms with Crippen LogP contribution in [0.3, 0.4) is 0 Å². The SMILES string of the molecule is C=C(C)C(C)C[Si](c1ccccc1)(c1ccccc1)c1cccc[c]1[Ge]([CH3])([CH3])[CH3]. The summed E-state index contributed by atoms with van der Waals surface area (Å²) in [6.45, 7) is 8.87. The first-order valence-corrected chi connectivity index (χ1v) is 20.2. The van der Waals surface area contributed by atoms with Crippen LogP contribution in [-0.2, 0) is 0 Å². The molecule has 0 aliphatic rings. The summed E-state index contributed by atoms with van der Waals surface area (Å²) in [5.41, 5.74) is 1.28. The molecule has 0 heterocycles. The van der Waals surface area contributed by atoms with Crippen LogP contribution in [0.1, 0.15) is 13.8 Å². The monoisotopic (exact) mass is 460 g/mol. The molecule has 0 bridgehead atoms. The van der Waals surface area contributed by atoms with Gasteiger partial charge < -0.3 is 0 Å². The standard InChI is InChI=1S/C27H34GeSi/c1-22(2)23(3)21-29(24-15-9-7-10-16-24,25-17-11-8-12-18-25)27-20-14-13-19-26(27)28(4,5)6/h7-20,23H,1,21H2,2-6H3. The Morgan fingerprint density at radius 2 is 1.24 bits per heavy atom. The molecule has 0 nitrogen and oxygen atoms in total. The number of rotatable bonds is 7. The maximum atomic E-state index is 4.33. The van der Waals surface area contributed by atoms with Crippen LogP contribution in [0.2, 0.25) is 23.3 Å². The summed E-state index contributed by atoms with van der Waals surface area (Å²) >= 11 is -2.08. The van der Waals surface area contributed by atoms with Crippen molar-refractivity contribution in [3.63, 3.8) is 0 Å². The summed E-state index contributed by atoms with van der Waals surface area (Å²) in [6, 6.07) is 33.2. The van der Waals surface area contributed by atoms with Crippen LogP contribution in [-0.4, -0.2) is 21.3 Å². The predicted octanol–water partition coefficient (Wildman–Crippen LogP) is 4.91. The van der Waals surface area contributed by atoms with Crippen molar-refractivity contribution in [3.8, 4) is 0 Å². The quantitative estimate of drug-likeness (QED) is 0.268. The Bertz CT molecular complexity index is 915. The van der Waals surface area contributed by atoms with Crippen molar-refractivity contribution >= 4 is 41.3 Å². The van der Waals surface area contributed by atoms with Crippen LogP contribution in [0.25, 0.3) is 0 Å². The van der Waals surface area contributed by atoms with Crippen molar-refractivity contribution in [2.24, 2.45) is 5.92 Å². The van der Waals surface area contributed by atoms with Crippen molar-refractivity contribution in [2.75, 3.05) is 0 Å². The average molecular weight is 459 g/mol. The molecule has 0 N–H and O–H groups in total. The number of hydrogen-bond donors (Lipinski definition) is 0. The van der Waals surface area contributed by atoms with E-state index in [4.69, 9.17) is 0 Å². The molecule has 0 aromatic heterocycles. The van der Waals surface area contributed by atoms with Gasteiger partial charge in [-0.15, -0.1) is 0 Å². The first-order chi connectivity index (χ1) is 13.8. The van der Waals surface area contributed by atoms with E-state index in [9.17, 15) is 0 Å². The third kappa shape index (κ3) is 4.51. The second-order valence-electron chi connectivity index (χ2n) is 9.38. The zero-order chi connectivity index (χ0) is 21.1. The molecule has 1 atom stereocenters. The van der Waals surface area contributed by atoms with Crippen LogP contribution >= 0.6 is 0 Å². The van der Waals surface area contributed by atoms with Crippen LogP contribution < -0.4 is 20.0 Å². The first kappa shape index (κ1) is 21.9. The van der Waals surface area contributed by atoms with E-state index in [2.05, 4.69) is 123 Å². The van der Waals surface area contributed by atoms with Crippen LogP contribution in [0.4, 0.5) is 0 Å². The van der Waals surface area contributed by atoms with E-state index in [1.54, 1.807) is 9.58 Å². The molecule has 0 amide bonds. The van der Waals surface area contributed by atoms with E-state index in [0.29, 0.717) is 5.92 Å². The molecule has 0 saturated heterocycles. The molecular formula is C27H34GeSi. The fourth-order valence-corrected chi connectivity index (χ4v) is 16.2. The van der Waals surface area contributed by atoms with Gasteiger partial charge >= 0.3 is 181 Å². The van der Waals surface area contributed by atoms with Gasteiger partial charge in [0.25, 0.3) is 0 Å². The van der Waals surface area contributed by atoms with Gasteiger partial charge in [-0.1, -0.05) is 0 Å². The molecule has 0 aliphatic heterocycles. The summed E-state index contributed by atoms with van der Waals surface area (Å²) in [5.74, 6) is 8.05. The van der Waals surface area contributed by atoms with E-state index in [-0.39, 0.29) is 0 Å². The molecule has 0 fully saturated rings. The van der Waals surface area contributed by atoms with Gasteiger partial charge in [0.05, 0.1) is 0 Å². The van der Waals surface area contributed by atoms with Gasteiger partial charge in [0.15, 0.2) is 0 Å². The zero-order valence-electron chi connectivity index (χ0n) is 18.6. The first-order valence-electron chi connectivity index (χ1n) is 10.6. The molecule has 0 radical (unpaired) electrons. The number of allylic oxidation sites excluding steroid dienone is 1. The molecule has 0 spiro atoms. The molecule has 150 valence electrons. The van der Waals surface area contributed by atoms with E-state index in [0.717, 1.165) is 6.04 Å². The predicted molar refractivity (Wildman–Crippen MR) is 136 cm³/mol. The topological polar surface area (TPSA) is 0 Å². The third-order valence-electron chi connectivity index (χ3n) is 6.18. The summed E-state index contributed by atoms with van der Waals surface area (Å²) in [6.07, 6.45) is 0. The van der Waals surface area contributed by atoms with E-state index in [1.165, 1.54) is 15.9 Å². The summed E-state index contributed by atoms with van der Waals surface area (Å²) in [5, 5.41) is 4.65. The minimum atomic E-state index is -2.22. The number of benzene rings is 3. The summed E-state index contributed by atoms with van der Waals surface area (Å²) in [4.78, 5) is 0.